The van der Waals surface area contributed by atoms with Crippen molar-refractivity contribution >= 4 is 17.3 Å². The summed E-state index contributed by atoms with van der Waals surface area (Å²) in [6.07, 6.45) is 4.16. The Balaban J connectivity index is 2.23. The van der Waals surface area contributed by atoms with Gasteiger partial charge < -0.3 is 10.1 Å². The first kappa shape index (κ1) is 14.2. The third-order valence-corrected chi connectivity index (χ3v) is 3.61. The highest BCUT2D eigenvalue weighted by molar-refractivity contribution is 7.12. The molecule has 0 bridgehead atoms. The maximum Gasteiger partial charge on any atom is 0.310 e. The van der Waals surface area contributed by atoms with Crippen LogP contribution in [-0.2, 0) is 22.5 Å². The molecule has 0 saturated heterocycles. The van der Waals surface area contributed by atoms with Gasteiger partial charge in [-0.3, -0.25) is 4.79 Å². The molecular formula is C13H21NO2S. The van der Waals surface area contributed by atoms with Gasteiger partial charge in [0.25, 0.3) is 0 Å². The maximum atomic E-state index is 11.1. The van der Waals surface area contributed by atoms with Gasteiger partial charge in [-0.1, -0.05) is 19.8 Å². The average molecular weight is 255 g/mol. The van der Waals surface area contributed by atoms with Crippen LogP contribution < -0.4 is 5.32 Å². The minimum atomic E-state index is -0.172. The minimum absolute atomic E-state index is 0.172. The molecule has 0 unspecified atom stereocenters. The number of nitrogens with one attached hydrogen (secondary N) is 1. The molecule has 0 atom stereocenters. The van der Waals surface area contributed by atoms with Gasteiger partial charge in [-0.2, -0.15) is 0 Å². The van der Waals surface area contributed by atoms with E-state index in [0.29, 0.717) is 6.42 Å². The van der Waals surface area contributed by atoms with Crippen molar-refractivity contribution in [1.29, 1.82) is 0 Å². The summed E-state index contributed by atoms with van der Waals surface area (Å²) in [6.45, 7) is 4.17. The molecule has 1 aromatic heterocycles. The zero-order valence-electron chi connectivity index (χ0n) is 10.6. The largest absolute Gasteiger partial charge is 0.469 e. The number of methoxy groups -OCH3 is 1. The summed E-state index contributed by atoms with van der Waals surface area (Å²) in [4.78, 5) is 13.4. The molecule has 0 amide bonds. The summed E-state index contributed by atoms with van der Waals surface area (Å²) < 4.78 is 4.64. The summed E-state index contributed by atoms with van der Waals surface area (Å²) in [5.74, 6) is -0.172. The SMILES string of the molecule is CCCCCNCc1ccc(CC(=O)OC)s1. The molecule has 0 aliphatic rings. The molecule has 1 rings (SSSR count). The lowest BCUT2D eigenvalue weighted by Crippen LogP contribution is -2.13. The second-order valence-electron chi connectivity index (χ2n) is 4.00. The van der Waals surface area contributed by atoms with Crippen molar-refractivity contribution in [2.75, 3.05) is 13.7 Å². The van der Waals surface area contributed by atoms with Gasteiger partial charge in [0.2, 0.25) is 0 Å². The Hall–Kier alpha value is -0.870. The molecule has 1 heterocycles. The van der Waals surface area contributed by atoms with Gasteiger partial charge in [-0.05, 0) is 25.1 Å². The molecule has 1 aromatic rings. The van der Waals surface area contributed by atoms with Gasteiger partial charge in [0.05, 0.1) is 13.5 Å². The van der Waals surface area contributed by atoms with E-state index >= 15 is 0 Å². The van der Waals surface area contributed by atoms with Crippen LogP contribution in [0.4, 0.5) is 0 Å². The van der Waals surface area contributed by atoms with E-state index in [1.54, 1.807) is 11.3 Å². The molecular weight excluding hydrogens is 234 g/mol. The van der Waals surface area contributed by atoms with Gasteiger partial charge in [0.1, 0.15) is 0 Å². The van der Waals surface area contributed by atoms with Gasteiger partial charge in [0, 0.05) is 16.3 Å². The van der Waals surface area contributed by atoms with Crippen molar-refractivity contribution in [3.05, 3.63) is 21.9 Å². The first-order valence-corrected chi connectivity index (χ1v) is 6.93. The number of hydrogen-bond donors (Lipinski definition) is 1. The Labute approximate surface area is 107 Å². The number of esters is 1. The van der Waals surface area contributed by atoms with Crippen molar-refractivity contribution in [3.63, 3.8) is 0 Å². The topological polar surface area (TPSA) is 38.3 Å². The lowest BCUT2D eigenvalue weighted by Gasteiger charge is -2.01. The zero-order valence-corrected chi connectivity index (χ0v) is 11.4. The fourth-order valence-electron chi connectivity index (χ4n) is 1.54. The predicted molar refractivity (Wildman–Crippen MR) is 71.3 cm³/mol. The van der Waals surface area contributed by atoms with E-state index < -0.39 is 0 Å². The zero-order chi connectivity index (χ0) is 12.5. The quantitative estimate of drug-likeness (QED) is 0.573. The third-order valence-electron chi connectivity index (χ3n) is 2.52. The van der Waals surface area contributed by atoms with Crippen LogP contribution in [0.5, 0.6) is 0 Å². The molecule has 96 valence electrons. The van der Waals surface area contributed by atoms with Crippen LogP contribution in [0.25, 0.3) is 0 Å². The molecule has 1 N–H and O–H groups in total. The lowest BCUT2D eigenvalue weighted by molar-refractivity contribution is -0.139. The fraction of sp³-hybridized carbons (Fsp3) is 0.615. The summed E-state index contributed by atoms with van der Waals surface area (Å²) in [5.41, 5.74) is 0. The third kappa shape index (κ3) is 5.84. The van der Waals surface area contributed by atoms with E-state index in [4.69, 9.17) is 0 Å². The van der Waals surface area contributed by atoms with Crippen LogP contribution >= 0.6 is 11.3 Å². The molecule has 0 fully saturated rings. The van der Waals surface area contributed by atoms with E-state index in [1.165, 1.54) is 31.2 Å². The summed E-state index contributed by atoms with van der Waals surface area (Å²) in [5, 5.41) is 3.41. The molecule has 0 radical (unpaired) electrons. The van der Waals surface area contributed by atoms with Crippen LogP contribution in [-0.4, -0.2) is 19.6 Å². The van der Waals surface area contributed by atoms with Crippen LogP contribution in [0.2, 0.25) is 0 Å². The Kier molecular flexibility index (Phi) is 6.89. The normalized spacial score (nSPS) is 10.5. The molecule has 17 heavy (non-hydrogen) atoms. The summed E-state index contributed by atoms with van der Waals surface area (Å²) in [6, 6.07) is 4.08. The molecule has 3 nitrogen and oxygen atoms in total. The number of carbonyl (C=O) groups is 1. The van der Waals surface area contributed by atoms with E-state index in [0.717, 1.165) is 18.0 Å². The van der Waals surface area contributed by atoms with Crippen LogP contribution in [0.3, 0.4) is 0 Å². The van der Waals surface area contributed by atoms with Gasteiger partial charge in [0.15, 0.2) is 0 Å². The van der Waals surface area contributed by atoms with Crippen molar-refractivity contribution < 1.29 is 9.53 Å². The number of unbranched alkanes of at least 4 members (excludes halogenated alkanes) is 2. The Morgan fingerprint density at radius 3 is 2.82 bits per heavy atom. The highest BCUT2D eigenvalue weighted by Gasteiger charge is 2.05. The minimum Gasteiger partial charge on any atom is -0.469 e. The van der Waals surface area contributed by atoms with Gasteiger partial charge >= 0.3 is 5.97 Å². The van der Waals surface area contributed by atoms with Crippen molar-refractivity contribution in [3.8, 4) is 0 Å². The van der Waals surface area contributed by atoms with Gasteiger partial charge in [-0.15, -0.1) is 11.3 Å². The second kappa shape index (κ2) is 8.25. The highest BCUT2D eigenvalue weighted by Crippen LogP contribution is 2.17. The highest BCUT2D eigenvalue weighted by atomic mass is 32.1. The Morgan fingerprint density at radius 1 is 1.35 bits per heavy atom. The van der Waals surface area contributed by atoms with E-state index in [9.17, 15) is 4.79 Å². The number of carbonyl (C=O) groups excluding carboxylic acids is 1. The standard InChI is InChI=1S/C13H21NO2S/c1-3-4-5-8-14-10-12-7-6-11(17-12)9-13(15)16-2/h6-7,14H,3-5,8-10H2,1-2H3. The number of ether oxygens (including phenoxy) is 1. The van der Waals surface area contributed by atoms with E-state index in [-0.39, 0.29) is 5.97 Å². The Morgan fingerprint density at radius 2 is 2.12 bits per heavy atom. The molecule has 4 heteroatoms. The van der Waals surface area contributed by atoms with Crippen LogP contribution in [0, 0.1) is 0 Å². The first-order chi connectivity index (χ1) is 8.26. The maximum absolute atomic E-state index is 11.1. The summed E-state index contributed by atoms with van der Waals surface area (Å²) in [7, 11) is 1.42. The average Bonchev–Trinajstić information content (AvgIpc) is 2.76. The second-order valence-corrected chi connectivity index (χ2v) is 5.26. The lowest BCUT2D eigenvalue weighted by atomic mass is 10.2. The molecule has 0 saturated carbocycles. The van der Waals surface area contributed by atoms with Gasteiger partial charge in [-0.25, -0.2) is 0 Å². The molecule has 0 spiro atoms. The number of thiophene rings is 1. The Bertz CT molecular complexity index is 336. The van der Waals surface area contributed by atoms with Crippen molar-refractivity contribution in [2.24, 2.45) is 0 Å². The predicted octanol–water partition coefficient (Wildman–Crippen LogP) is 2.74. The van der Waals surface area contributed by atoms with Crippen LogP contribution in [0.15, 0.2) is 12.1 Å². The van der Waals surface area contributed by atoms with Crippen LogP contribution in [0.1, 0.15) is 35.9 Å². The summed E-state index contributed by atoms with van der Waals surface area (Å²) >= 11 is 1.68. The number of rotatable bonds is 8. The molecule has 0 aliphatic carbocycles. The van der Waals surface area contributed by atoms with Crippen molar-refractivity contribution in [1.82, 2.24) is 5.32 Å². The van der Waals surface area contributed by atoms with E-state index in [2.05, 4.69) is 23.0 Å². The number of hydrogen-bond acceptors (Lipinski definition) is 4. The smallest absolute Gasteiger partial charge is 0.310 e. The molecule has 0 aromatic carbocycles. The van der Waals surface area contributed by atoms with E-state index in [1.807, 2.05) is 6.07 Å². The fourth-order valence-corrected chi connectivity index (χ4v) is 2.51. The monoisotopic (exact) mass is 255 g/mol. The molecule has 0 aliphatic heterocycles. The first-order valence-electron chi connectivity index (χ1n) is 6.11. The van der Waals surface area contributed by atoms with Crippen molar-refractivity contribution in [2.45, 2.75) is 39.2 Å².